The van der Waals surface area contributed by atoms with Gasteiger partial charge in [-0.1, -0.05) is 61.7 Å². The monoisotopic (exact) mass is 480 g/mol. The lowest BCUT2D eigenvalue weighted by Crippen LogP contribution is -2.28. The first-order valence-corrected chi connectivity index (χ1v) is 13.1. The number of aliphatic carboxylic acids is 1. The Bertz CT molecular complexity index is 842. The fraction of sp³-hybridized carbons (Fsp3) is 0.692. The number of ether oxygens (including phenoxy) is 1. The first-order chi connectivity index (χ1) is 15.4. The molecule has 1 aromatic carbocycles. The predicted molar refractivity (Wildman–Crippen MR) is 127 cm³/mol. The molecule has 4 nitrogen and oxygen atoms in total. The van der Waals surface area contributed by atoms with Gasteiger partial charge in [-0.05, 0) is 68.4 Å². The molecule has 0 atom stereocenters. The van der Waals surface area contributed by atoms with Crippen LogP contribution < -0.4 is 4.74 Å². The highest BCUT2D eigenvalue weighted by atomic mass is 35.5. The van der Waals surface area contributed by atoms with Crippen molar-refractivity contribution in [3.05, 3.63) is 27.2 Å². The summed E-state index contributed by atoms with van der Waals surface area (Å²) in [5.41, 5.74) is 1.31. The third-order valence-electron chi connectivity index (χ3n) is 7.49. The molecule has 6 heteroatoms. The molecule has 1 N–H and O–H groups in total. The number of hydrogen-bond donors (Lipinski definition) is 1. The summed E-state index contributed by atoms with van der Waals surface area (Å²) in [6.07, 6.45) is 13.7. The van der Waals surface area contributed by atoms with Crippen LogP contribution in [-0.4, -0.2) is 23.5 Å². The van der Waals surface area contributed by atoms with Gasteiger partial charge in [0.2, 0.25) is 0 Å². The minimum atomic E-state index is -0.749. The van der Waals surface area contributed by atoms with Crippen molar-refractivity contribution in [3.8, 4) is 5.75 Å². The van der Waals surface area contributed by atoms with Crippen molar-refractivity contribution < 1.29 is 19.4 Å². The molecular formula is C26H34Cl2O4. The Morgan fingerprint density at radius 3 is 2.22 bits per heavy atom. The molecule has 3 aliphatic carbocycles. The zero-order valence-electron chi connectivity index (χ0n) is 18.8. The maximum absolute atomic E-state index is 13.7. The van der Waals surface area contributed by atoms with Crippen molar-refractivity contribution in [3.63, 3.8) is 0 Å². The van der Waals surface area contributed by atoms with Crippen molar-refractivity contribution in [1.82, 2.24) is 0 Å². The molecule has 4 rings (SSSR count). The molecule has 0 aliphatic heterocycles. The van der Waals surface area contributed by atoms with E-state index in [1.165, 1.54) is 25.7 Å². The van der Waals surface area contributed by atoms with Crippen LogP contribution in [0.1, 0.15) is 99.4 Å². The zero-order chi connectivity index (χ0) is 22.7. The first kappa shape index (κ1) is 23.9. The van der Waals surface area contributed by atoms with Crippen LogP contribution in [0, 0.1) is 17.3 Å². The molecule has 2 saturated carbocycles. The van der Waals surface area contributed by atoms with Gasteiger partial charge in [0.15, 0.2) is 5.78 Å². The van der Waals surface area contributed by atoms with Crippen LogP contribution in [0.15, 0.2) is 6.07 Å². The van der Waals surface area contributed by atoms with Crippen LogP contribution in [0.25, 0.3) is 0 Å². The Morgan fingerprint density at radius 2 is 1.62 bits per heavy atom. The van der Waals surface area contributed by atoms with Crippen molar-refractivity contribution >= 4 is 35.0 Å². The lowest BCUT2D eigenvalue weighted by molar-refractivity contribution is -0.137. The fourth-order valence-corrected chi connectivity index (χ4v) is 5.57. The standard InChI is InChI=1S/C26H34Cl2O4/c27-23-20(32-14-4-2-1-3-5-21(29)30)15-19-16-26(12-10-17-6-7-17,13-11-18-8-9-18)25(31)22(19)24(23)28/h15,17-18H,1-14,16H2,(H,29,30). The minimum absolute atomic E-state index is 0.200. The van der Waals surface area contributed by atoms with Crippen molar-refractivity contribution in [2.75, 3.05) is 6.61 Å². The summed E-state index contributed by atoms with van der Waals surface area (Å²) in [4.78, 5) is 24.2. The van der Waals surface area contributed by atoms with Gasteiger partial charge in [0.25, 0.3) is 0 Å². The van der Waals surface area contributed by atoms with Gasteiger partial charge in [0.05, 0.1) is 11.6 Å². The maximum atomic E-state index is 13.7. The second kappa shape index (κ2) is 10.3. The van der Waals surface area contributed by atoms with E-state index in [0.717, 1.165) is 68.8 Å². The van der Waals surface area contributed by atoms with Crippen LogP contribution >= 0.6 is 23.2 Å². The molecule has 0 aromatic heterocycles. The Hall–Kier alpha value is -1.26. The summed E-state index contributed by atoms with van der Waals surface area (Å²) in [6, 6.07) is 1.95. The molecule has 2 fully saturated rings. The second-order valence-corrected chi connectivity index (χ2v) is 10.9. The van der Waals surface area contributed by atoms with Crippen LogP contribution in [0.4, 0.5) is 0 Å². The summed E-state index contributed by atoms with van der Waals surface area (Å²) in [5, 5.41) is 9.40. The molecule has 176 valence electrons. The largest absolute Gasteiger partial charge is 0.492 e. The Labute approximate surface area is 201 Å². The maximum Gasteiger partial charge on any atom is 0.303 e. The van der Waals surface area contributed by atoms with E-state index in [0.29, 0.717) is 34.4 Å². The number of fused-ring (bicyclic) bond motifs is 1. The number of carboxylic acid groups (broad SMARTS) is 1. The SMILES string of the molecule is O=C(O)CCCCCCOc1cc2c(c(Cl)c1Cl)C(=O)C(CCC1CC1)(CCC1CC1)C2. The average Bonchev–Trinajstić information content (AvgIpc) is 3.67. The quantitative estimate of drug-likeness (QED) is 0.279. The van der Waals surface area contributed by atoms with Crippen LogP contribution in [0.3, 0.4) is 0 Å². The van der Waals surface area contributed by atoms with E-state index in [2.05, 4.69) is 0 Å². The van der Waals surface area contributed by atoms with Gasteiger partial charge >= 0.3 is 5.97 Å². The molecule has 32 heavy (non-hydrogen) atoms. The van der Waals surface area contributed by atoms with E-state index in [1.54, 1.807) is 0 Å². The van der Waals surface area contributed by atoms with E-state index < -0.39 is 5.97 Å². The second-order valence-electron chi connectivity index (χ2n) is 10.2. The van der Waals surface area contributed by atoms with Crippen LogP contribution in [0.2, 0.25) is 10.0 Å². The molecule has 0 heterocycles. The number of unbranched alkanes of at least 4 members (excludes halogenated alkanes) is 3. The van der Waals surface area contributed by atoms with Crippen LogP contribution in [-0.2, 0) is 11.2 Å². The minimum Gasteiger partial charge on any atom is -0.492 e. The van der Waals surface area contributed by atoms with Gasteiger partial charge in [0, 0.05) is 17.4 Å². The van der Waals surface area contributed by atoms with Crippen molar-refractivity contribution in [2.24, 2.45) is 17.3 Å². The third-order valence-corrected chi connectivity index (χ3v) is 8.34. The van der Waals surface area contributed by atoms with E-state index in [9.17, 15) is 9.59 Å². The predicted octanol–water partition coefficient (Wildman–Crippen LogP) is 7.51. The van der Waals surface area contributed by atoms with Gasteiger partial charge in [-0.25, -0.2) is 0 Å². The number of carboxylic acids is 1. The lowest BCUT2D eigenvalue weighted by atomic mass is 9.74. The van der Waals surface area contributed by atoms with Crippen molar-refractivity contribution in [1.29, 1.82) is 0 Å². The van der Waals surface area contributed by atoms with E-state index >= 15 is 0 Å². The van der Waals surface area contributed by atoms with Gasteiger partial charge in [-0.2, -0.15) is 0 Å². The normalized spacial score (nSPS) is 19.2. The van der Waals surface area contributed by atoms with E-state index in [-0.39, 0.29) is 17.6 Å². The number of halogens is 2. The van der Waals surface area contributed by atoms with E-state index in [4.69, 9.17) is 33.0 Å². The molecule has 0 unspecified atom stereocenters. The number of hydrogen-bond acceptors (Lipinski definition) is 3. The number of carbonyl (C=O) groups is 2. The van der Waals surface area contributed by atoms with Gasteiger partial charge in [-0.3, -0.25) is 9.59 Å². The summed E-state index contributed by atoms with van der Waals surface area (Å²) < 4.78 is 5.95. The summed E-state index contributed by atoms with van der Waals surface area (Å²) in [6.45, 7) is 0.504. The highest BCUT2D eigenvalue weighted by molar-refractivity contribution is 6.45. The fourth-order valence-electron chi connectivity index (χ4n) is 5.07. The highest BCUT2D eigenvalue weighted by Crippen LogP contribution is 2.52. The zero-order valence-corrected chi connectivity index (χ0v) is 20.3. The number of benzene rings is 1. The molecule has 0 saturated heterocycles. The highest BCUT2D eigenvalue weighted by Gasteiger charge is 2.48. The molecule has 1 aromatic rings. The Balaban J connectivity index is 1.40. The Kier molecular flexibility index (Phi) is 7.72. The van der Waals surface area contributed by atoms with Gasteiger partial charge in [0.1, 0.15) is 10.8 Å². The molecule has 0 radical (unpaired) electrons. The number of Topliss-reactive ketones (excluding diaryl/α,β-unsaturated/α-hetero) is 1. The third kappa shape index (κ3) is 5.80. The first-order valence-electron chi connectivity index (χ1n) is 12.3. The van der Waals surface area contributed by atoms with Gasteiger partial charge < -0.3 is 9.84 Å². The molecule has 0 bridgehead atoms. The van der Waals surface area contributed by atoms with Crippen molar-refractivity contribution in [2.45, 2.75) is 89.9 Å². The average molecular weight is 481 g/mol. The molecule has 0 spiro atoms. The Morgan fingerprint density at radius 1 is 1.00 bits per heavy atom. The molecule has 3 aliphatic rings. The van der Waals surface area contributed by atoms with Gasteiger partial charge in [-0.15, -0.1) is 0 Å². The number of rotatable bonds is 14. The molecule has 0 amide bonds. The number of ketones is 1. The summed E-state index contributed by atoms with van der Waals surface area (Å²) >= 11 is 13.2. The topological polar surface area (TPSA) is 63.6 Å². The smallest absolute Gasteiger partial charge is 0.303 e. The van der Waals surface area contributed by atoms with Crippen LogP contribution in [0.5, 0.6) is 5.75 Å². The summed E-state index contributed by atoms with van der Waals surface area (Å²) in [7, 11) is 0. The number of carbonyl (C=O) groups excluding carboxylic acids is 1. The summed E-state index contributed by atoms with van der Waals surface area (Å²) in [5.74, 6) is 1.62. The lowest BCUT2D eigenvalue weighted by Gasteiger charge is -2.27. The molecular weight excluding hydrogens is 447 g/mol. The van der Waals surface area contributed by atoms with E-state index in [1.807, 2.05) is 6.07 Å².